The molecule has 5 heterocycles. The zero-order valence-corrected chi connectivity index (χ0v) is 29.4. The molecule has 5 aromatic heterocycles. The van der Waals surface area contributed by atoms with Crippen LogP contribution in [0.25, 0.3) is 117 Å². The van der Waals surface area contributed by atoms with Gasteiger partial charge in [-0.05, 0) is 95.1 Å². The Bertz CT molecular complexity index is 3400. The van der Waals surface area contributed by atoms with Crippen molar-refractivity contribution in [2.45, 2.75) is 0 Å². The molecular formula is C48H26N2S2. The summed E-state index contributed by atoms with van der Waals surface area (Å²) in [6.07, 6.45) is 0. The monoisotopic (exact) mass is 694 g/mol. The SMILES string of the molecule is c1ccc2c(c1)sc1ccc(-c3ccc4c(c3)c3cccc5c3n4c3cccc4c6cc(-c7ccc8sc9ccccc9c8c7)ccc6n5c43)cc12. The van der Waals surface area contributed by atoms with Crippen molar-refractivity contribution in [3.05, 3.63) is 158 Å². The predicted molar refractivity (Wildman–Crippen MR) is 226 cm³/mol. The maximum Gasteiger partial charge on any atom is 0.0783 e. The van der Waals surface area contributed by atoms with Crippen LogP contribution in [0.2, 0.25) is 0 Å². The maximum absolute atomic E-state index is 2.51. The van der Waals surface area contributed by atoms with E-state index in [4.69, 9.17) is 0 Å². The van der Waals surface area contributed by atoms with Gasteiger partial charge < -0.3 is 8.80 Å². The Morgan fingerprint density at radius 3 is 1.13 bits per heavy atom. The van der Waals surface area contributed by atoms with Crippen LogP contribution in [0, 0.1) is 0 Å². The topological polar surface area (TPSA) is 8.82 Å². The first-order chi connectivity index (χ1) is 25.8. The highest BCUT2D eigenvalue weighted by Gasteiger charge is 2.21. The molecule has 0 aliphatic carbocycles. The molecule has 2 nitrogen and oxygen atoms in total. The molecule has 0 radical (unpaired) electrons. The van der Waals surface area contributed by atoms with Crippen LogP contribution in [-0.2, 0) is 0 Å². The van der Waals surface area contributed by atoms with Crippen molar-refractivity contribution in [2.75, 3.05) is 0 Å². The van der Waals surface area contributed by atoms with Gasteiger partial charge in [0.25, 0.3) is 0 Å². The second-order valence-corrected chi connectivity index (χ2v) is 16.3. The molecule has 13 rings (SSSR count). The van der Waals surface area contributed by atoms with E-state index in [2.05, 4.69) is 167 Å². The zero-order chi connectivity index (χ0) is 33.7. The number of hydrogen-bond donors (Lipinski definition) is 0. The minimum Gasteiger partial charge on any atom is -0.305 e. The van der Waals surface area contributed by atoms with Gasteiger partial charge in [0.15, 0.2) is 0 Å². The first-order valence-corrected chi connectivity index (χ1v) is 19.4. The van der Waals surface area contributed by atoms with E-state index in [1.165, 1.54) is 117 Å². The average Bonchev–Trinajstić information content (AvgIpc) is 3.95. The molecule has 240 valence electrons. The van der Waals surface area contributed by atoms with Crippen LogP contribution in [0.15, 0.2) is 158 Å². The molecule has 0 saturated carbocycles. The Hall–Kier alpha value is -6.20. The summed E-state index contributed by atoms with van der Waals surface area (Å²) in [5, 5.41) is 10.5. The molecule has 0 aliphatic heterocycles. The van der Waals surface area contributed by atoms with Gasteiger partial charge in [0.2, 0.25) is 0 Å². The van der Waals surface area contributed by atoms with Crippen molar-refractivity contribution in [1.29, 1.82) is 0 Å². The van der Waals surface area contributed by atoms with Crippen LogP contribution in [0.1, 0.15) is 0 Å². The van der Waals surface area contributed by atoms with Crippen molar-refractivity contribution in [3.8, 4) is 22.3 Å². The minimum atomic E-state index is 1.24. The Kier molecular flexibility index (Phi) is 5.17. The van der Waals surface area contributed by atoms with E-state index >= 15 is 0 Å². The summed E-state index contributed by atoms with van der Waals surface area (Å²) in [6, 6.07) is 59.2. The molecule has 0 fully saturated rings. The molecule has 13 aromatic rings. The molecule has 0 spiro atoms. The van der Waals surface area contributed by atoms with E-state index < -0.39 is 0 Å². The highest BCUT2D eigenvalue weighted by atomic mass is 32.1. The fourth-order valence-corrected chi connectivity index (χ4v) is 11.3. The lowest BCUT2D eigenvalue weighted by atomic mass is 10.0. The smallest absolute Gasteiger partial charge is 0.0783 e. The quantitative estimate of drug-likeness (QED) is 0.159. The fourth-order valence-electron chi connectivity index (χ4n) is 9.13. The van der Waals surface area contributed by atoms with E-state index in [-0.39, 0.29) is 0 Å². The number of nitrogens with zero attached hydrogens (tertiary/aromatic N) is 2. The summed E-state index contributed by atoms with van der Waals surface area (Å²) in [4.78, 5) is 0. The molecule has 52 heavy (non-hydrogen) atoms. The Morgan fingerprint density at radius 2 is 0.654 bits per heavy atom. The highest BCUT2D eigenvalue weighted by Crippen LogP contribution is 2.44. The Morgan fingerprint density at radius 1 is 0.269 bits per heavy atom. The van der Waals surface area contributed by atoms with Gasteiger partial charge in [0.1, 0.15) is 0 Å². The van der Waals surface area contributed by atoms with E-state index in [1.54, 1.807) is 0 Å². The molecule has 0 aliphatic rings. The van der Waals surface area contributed by atoms with E-state index in [0.717, 1.165) is 0 Å². The number of thiophene rings is 2. The van der Waals surface area contributed by atoms with Crippen molar-refractivity contribution in [1.82, 2.24) is 8.80 Å². The Labute approximate surface area is 304 Å². The zero-order valence-electron chi connectivity index (χ0n) is 27.7. The predicted octanol–water partition coefficient (Wildman–Crippen LogP) is 14.3. The van der Waals surface area contributed by atoms with Crippen LogP contribution in [0.5, 0.6) is 0 Å². The minimum absolute atomic E-state index is 1.24. The molecule has 0 unspecified atom stereocenters. The third kappa shape index (κ3) is 3.48. The van der Waals surface area contributed by atoms with E-state index in [0.29, 0.717) is 0 Å². The molecule has 0 N–H and O–H groups in total. The van der Waals surface area contributed by atoms with Gasteiger partial charge in [0.05, 0.1) is 33.1 Å². The summed E-state index contributed by atoms with van der Waals surface area (Å²) in [5.74, 6) is 0. The van der Waals surface area contributed by atoms with E-state index in [1.807, 2.05) is 22.7 Å². The van der Waals surface area contributed by atoms with Crippen LogP contribution < -0.4 is 0 Å². The maximum atomic E-state index is 2.51. The van der Waals surface area contributed by atoms with Crippen LogP contribution in [0.4, 0.5) is 0 Å². The number of benzene rings is 8. The number of para-hydroxylation sites is 2. The lowest BCUT2D eigenvalue weighted by Crippen LogP contribution is -1.96. The first-order valence-electron chi connectivity index (χ1n) is 17.8. The molecule has 0 bridgehead atoms. The average molecular weight is 695 g/mol. The number of rotatable bonds is 2. The van der Waals surface area contributed by atoms with Gasteiger partial charge in [-0.25, -0.2) is 0 Å². The van der Waals surface area contributed by atoms with Crippen molar-refractivity contribution in [3.63, 3.8) is 0 Å². The van der Waals surface area contributed by atoms with Crippen molar-refractivity contribution in [2.24, 2.45) is 0 Å². The third-order valence-electron chi connectivity index (χ3n) is 11.4. The van der Waals surface area contributed by atoms with Crippen molar-refractivity contribution >= 4 is 118 Å². The molecule has 0 saturated heterocycles. The summed E-state index contributed by atoms with van der Waals surface area (Å²) in [5.41, 5.74) is 12.5. The molecule has 0 atom stereocenters. The summed E-state index contributed by atoms with van der Waals surface area (Å²) in [7, 11) is 0. The second-order valence-electron chi connectivity index (χ2n) is 14.1. The van der Waals surface area contributed by atoms with Crippen LogP contribution >= 0.6 is 22.7 Å². The van der Waals surface area contributed by atoms with Gasteiger partial charge in [-0.1, -0.05) is 84.9 Å². The molecule has 0 amide bonds. The van der Waals surface area contributed by atoms with Gasteiger partial charge in [-0.2, -0.15) is 0 Å². The van der Waals surface area contributed by atoms with Gasteiger partial charge >= 0.3 is 0 Å². The van der Waals surface area contributed by atoms with Gasteiger partial charge in [-0.3, -0.25) is 0 Å². The Balaban J connectivity index is 1.05. The lowest BCUT2D eigenvalue weighted by molar-refractivity contribution is 1.26. The number of aromatic nitrogens is 2. The first kappa shape index (κ1) is 27.5. The number of fused-ring (bicyclic) bond motifs is 14. The normalized spacial score (nSPS) is 12.6. The van der Waals surface area contributed by atoms with Crippen LogP contribution in [-0.4, -0.2) is 8.80 Å². The van der Waals surface area contributed by atoms with Crippen LogP contribution in [0.3, 0.4) is 0 Å². The van der Waals surface area contributed by atoms with E-state index in [9.17, 15) is 0 Å². The molecule has 4 heteroatoms. The molecular weight excluding hydrogens is 669 g/mol. The number of hydrogen-bond acceptors (Lipinski definition) is 2. The largest absolute Gasteiger partial charge is 0.305 e. The highest BCUT2D eigenvalue weighted by molar-refractivity contribution is 7.26. The summed E-state index contributed by atoms with van der Waals surface area (Å²) in [6.45, 7) is 0. The molecule has 8 aromatic carbocycles. The van der Waals surface area contributed by atoms with Gasteiger partial charge in [-0.15, -0.1) is 22.7 Å². The van der Waals surface area contributed by atoms with Crippen molar-refractivity contribution < 1.29 is 0 Å². The summed E-state index contributed by atoms with van der Waals surface area (Å²) < 4.78 is 10.4. The lowest BCUT2D eigenvalue weighted by Gasteiger charge is -2.11. The standard InChI is InChI=1S/C48H26N2S2/c1-3-13-43-31(7-1)37-25-29(17-21-45(37)51-43)27-15-19-39-35(23-27)33-9-5-11-41-47(33)49(39)42-12-6-10-34-36-24-28(16-20-40(36)50(41)48(34)42)30-18-22-46-38(26-30)32-8-2-4-14-44(32)52-46/h1-26H. The third-order valence-corrected chi connectivity index (χ3v) is 13.7. The second kappa shape index (κ2) is 9.77. The summed E-state index contributed by atoms with van der Waals surface area (Å²) >= 11 is 3.75. The van der Waals surface area contributed by atoms with Gasteiger partial charge in [0, 0.05) is 61.9 Å². The fraction of sp³-hybridized carbons (Fsp3) is 0.